The van der Waals surface area contributed by atoms with Crippen LogP contribution in [0, 0.1) is 0 Å². The van der Waals surface area contributed by atoms with Crippen molar-refractivity contribution in [1.82, 2.24) is 0 Å². The fourth-order valence-corrected chi connectivity index (χ4v) is 8.16. The molecule has 30 heavy (non-hydrogen) atoms. The Kier molecular flexibility index (Phi) is 6.57. The highest BCUT2D eigenvalue weighted by Gasteiger charge is 2.45. The van der Waals surface area contributed by atoms with Crippen LogP contribution < -0.4 is 20.7 Å². The van der Waals surface area contributed by atoms with Gasteiger partial charge in [-0.05, 0) is 42.0 Å². The zero-order chi connectivity index (χ0) is 20.7. The Morgan fingerprint density at radius 2 is 1.13 bits per heavy atom. The molecule has 0 saturated carbocycles. The Morgan fingerprint density at radius 3 is 1.70 bits per heavy atom. The van der Waals surface area contributed by atoms with E-state index in [2.05, 4.69) is 103 Å². The quantitative estimate of drug-likeness (QED) is 0.344. The minimum absolute atomic E-state index is 0.0737. The molecular formula is C27H25FOP+. The van der Waals surface area contributed by atoms with Gasteiger partial charge in [0.05, 0.1) is 6.16 Å². The first kappa shape index (κ1) is 20.3. The first-order valence-electron chi connectivity index (χ1n) is 10.2. The lowest BCUT2D eigenvalue weighted by molar-refractivity contribution is 0.273. The molecule has 0 aromatic heterocycles. The summed E-state index contributed by atoms with van der Waals surface area (Å²) in [6, 6.07) is 40.4. The number of alkyl halides is 1. The molecule has 1 nitrogen and oxygen atoms in total. The van der Waals surface area contributed by atoms with E-state index in [-0.39, 0.29) is 6.61 Å². The van der Waals surface area contributed by atoms with Gasteiger partial charge in [-0.15, -0.1) is 0 Å². The molecule has 150 valence electrons. The zero-order valence-electron chi connectivity index (χ0n) is 16.8. The summed E-state index contributed by atoms with van der Waals surface area (Å²) in [5.74, 6) is 0.717. The standard InChI is InChI=1S/C27H25FOP/c28-19-20-29-24-13-10-18-27(21-24)30(25-14-6-2-7-15-25,26-16-8-3-9-17-26)22-23-11-4-1-5-12-23/h1-18,21H,19-20,22H2/q+1. The molecule has 0 aliphatic heterocycles. The summed E-state index contributed by atoms with van der Waals surface area (Å²) in [6.45, 7) is -0.420. The Balaban J connectivity index is 1.95. The van der Waals surface area contributed by atoms with Crippen molar-refractivity contribution in [1.29, 1.82) is 0 Å². The molecule has 4 rings (SSSR count). The molecule has 0 fully saturated rings. The molecule has 0 unspecified atom stereocenters. The van der Waals surface area contributed by atoms with Crippen LogP contribution in [0.1, 0.15) is 5.56 Å². The molecule has 4 aromatic rings. The number of ether oxygens (including phenoxy) is 1. The highest BCUT2D eigenvalue weighted by molar-refractivity contribution is 7.95. The van der Waals surface area contributed by atoms with Crippen molar-refractivity contribution in [3.63, 3.8) is 0 Å². The van der Waals surface area contributed by atoms with Crippen molar-refractivity contribution in [2.45, 2.75) is 6.16 Å². The summed E-state index contributed by atoms with van der Waals surface area (Å²) >= 11 is 0. The largest absolute Gasteiger partial charge is 0.491 e. The third-order valence-electron chi connectivity index (χ3n) is 5.26. The van der Waals surface area contributed by atoms with Crippen LogP contribution >= 0.6 is 7.26 Å². The first-order chi connectivity index (χ1) is 14.8. The molecule has 0 atom stereocenters. The number of halogens is 1. The van der Waals surface area contributed by atoms with E-state index in [0.29, 0.717) is 0 Å². The minimum atomic E-state index is -2.01. The van der Waals surface area contributed by atoms with E-state index in [0.717, 1.165) is 11.9 Å². The van der Waals surface area contributed by atoms with Crippen molar-refractivity contribution in [2.24, 2.45) is 0 Å². The van der Waals surface area contributed by atoms with Crippen LogP contribution in [0.2, 0.25) is 0 Å². The van der Waals surface area contributed by atoms with Gasteiger partial charge >= 0.3 is 0 Å². The summed E-state index contributed by atoms with van der Waals surface area (Å²) < 4.78 is 18.4. The van der Waals surface area contributed by atoms with E-state index in [4.69, 9.17) is 4.74 Å². The predicted molar refractivity (Wildman–Crippen MR) is 127 cm³/mol. The fraction of sp³-hybridized carbons (Fsp3) is 0.111. The van der Waals surface area contributed by atoms with Gasteiger partial charge in [-0.2, -0.15) is 0 Å². The van der Waals surface area contributed by atoms with Gasteiger partial charge in [0, 0.05) is 6.07 Å². The fourth-order valence-electron chi connectivity index (χ4n) is 3.91. The maximum absolute atomic E-state index is 12.7. The van der Waals surface area contributed by atoms with Crippen molar-refractivity contribution in [3.8, 4) is 5.75 Å². The van der Waals surface area contributed by atoms with Gasteiger partial charge in [-0.3, -0.25) is 0 Å². The average molecular weight is 415 g/mol. The molecule has 0 aliphatic rings. The van der Waals surface area contributed by atoms with E-state index in [1.165, 1.54) is 21.5 Å². The highest BCUT2D eigenvalue weighted by Crippen LogP contribution is 2.58. The van der Waals surface area contributed by atoms with Crippen LogP contribution in [0.25, 0.3) is 0 Å². The van der Waals surface area contributed by atoms with Crippen molar-refractivity contribution < 1.29 is 9.13 Å². The SMILES string of the molecule is FCCOc1cccc([P+](Cc2ccccc2)(c2ccccc2)c2ccccc2)c1. The number of rotatable bonds is 8. The summed E-state index contributed by atoms with van der Waals surface area (Å²) in [5, 5.41) is 3.88. The number of hydrogen-bond acceptors (Lipinski definition) is 1. The van der Waals surface area contributed by atoms with Crippen LogP contribution in [0.15, 0.2) is 115 Å². The Labute approximate surface area is 178 Å². The van der Waals surface area contributed by atoms with Gasteiger partial charge < -0.3 is 4.74 Å². The molecule has 4 aromatic carbocycles. The van der Waals surface area contributed by atoms with Crippen molar-refractivity contribution in [2.75, 3.05) is 13.3 Å². The van der Waals surface area contributed by atoms with E-state index in [1.54, 1.807) is 0 Å². The van der Waals surface area contributed by atoms with E-state index in [1.807, 2.05) is 12.1 Å². The summed E-state index contributed by atoms with van der Waals surface area (Å²) in [6.07, 6.45) is 0.911. The van der Waals surface area contributed by atoms with Gasteiger partial charge in [-0.25, -0.2) is 4.39 Å². The lowest BCUT2D eigenvalue weighted by atomic mass is 10.2. The Bertz CT molecular complexity index is 1010. The second-order valence-corrected chi connectivity index (χ2v) is 10.6. The normalized spacial score (nSPS) is 11.2. The Morgan fingerprint density at radius 1 is 0.600 bits per heavy atom. The Hall–Kier alpha value is -2.96. The topological polar surface area (TPSA) is 9.23 Å². The van der Waals surface area contributed by atoms with Crippen molar-refractivity contribution >= 4 is 23.2 Å². The summed E-state index contributed by atoms with van der Waals surface area (Å²) in [7, 11) is -2.01. The lowest BCUT2D eigenvalue weighted by Crippen LogP contribution is -2.32. The maximum Gasteiger partial charge on any atom is 0.123 e. The van der Waals surface area contributed by atoms with Crippen molar-refractivity contribution in [3.05, 3.63) is 121 Å². The predicted octanol–water partition coefficient (Wildman–Crippen LogP) is 5.53. The van der Waals surface area contributed by atoms with Gasteiger partial charge in [0.1, 0.15) is 42.2 Å². The molecule has 0 bridgehead atoms. The second kappa shape index (κ2) is 9.69. The summed E-state index contributed by atoms with van der Waals surface area (Å²) in [5.41, 5.74) is 1.30. The summed E-state index contributed by atoms with van der Waals surface area (Å²) in [4.78, 5) is 0. The molecule has 0 aliphatic carbocycles. The molecular weight excluding hydrogens is 390 g/mol. The second-order valence-electron chi connectivity index (χ2n) is 7.16. The third kappa shape index (κ3) is 4.30. The first-order valence-corrected chi connectivity index (χ1v) is 12.1. The average Bonchev–Trinajstić information content (AvgIpc) is 2.83. The van der Waals surface area contributed by atoms with Crippen LogP contribution in [0.5, 0.6) is 5.75 Å². The van der Waals surface area contributed by atoms with E-state index in [9.17, 15) is 4.39 Å². The molecule has 0 radical (unpaired) electrons. The lowest BCUT2D eigenvalue weighted by Gasteiger charge is -2.28. The number of hydrogen-bond donors (Lipinski definition) is 0. The molecule has 3 heteroatoms. The van der Waals surface area contributed by atoms with Crippen LogP contribution in [-0.2, 0) is 6.16 Å². The molecule has 0 N–H and O–H groups in total. The third-order valence-corrected chi connectivity index (χ3v) is 9.62. The van der Waals surface area contributed by atoms with Crippen LogP contribution in [-0.4, -0.2) is 13.3 Å². The molecule has 0 spiro atoms. The van der Waals surface area contributed by atoms with Crippen LogP contribution in [0.4, 0.5) is 4.39 Å². The van der Waals surface area contributed by atoms with E-state index >= 15 is 0 Å². The maximum atomic E-state index is 12.7. The minimum Gasteiger partial charge on any atom is -0.491 e. The highest BCUT2D eigenvalue weighted by atomic mass is 31.2. The number of benzene rings is 4. The molecule has 0 heterocycles. The van der Waals surface area contributed by atoms with Gasteiger partial charge in [0.25, 0.3) is 0 Å². The van der Waals surface area contributed by atoms with Crippen LogP contribution in [0.3, 0.4) is 0 Å². The molecule has 0 saturated heterocycles. The van der Waals surface area contributed by atoms with Gasteiger partial charge in [0.15, 0.2) is 0 Å². The van der Waals surface area contributed by atoms with E-state index < -0.39 is 13.9 Å². The zero-order valence-corrected chi connectivity index (χ0v) is 17.7. The molecule has 0 amide bonds. The monoisotopic (exact) mass is 415 g/mol. The van der Waals surface area contributed by atoms with Gasteiger partial charge in [-0.1, -0.05) is 72.8 Å². The van der Waals surface area contributed by atoms with Gasteiger partial charge in [0.2, 0.25) is 0 Å². The smallest absolute Gasteiger partial charge is 0.123 e.